The Morgan fingerprint density at radius 2 is 1.94 bits per heavy atom. The van der Waals surface area contributed by atoms with E-state index in [1.165, 1.54) is 12.8 Å². The zero-order valence-corrected chi connectivity index (χ0v) is 20.1. The molecule has 34 heavy (non-hydrogen) atoms. The van der Waals surface area contributed by atoms with Gasteiger partial charge in [-0.15, -0.1) is 0 Å². The number of fused-ring (bicyclic) bond motifs is 2. The van der Waals surface area contributed by atoms with Gasteiger partial charge in [-0.1, -0.05) is 25.1 Å². The van der Waals surface area contributed by atoms with Crippen LogP contribution in [0.1, 0.15) is 50.4 Å². The minimum atomic E-state index is -0.250. The van der Waals surface area contributed by atoms with Gasteiger partial charge in [-0.25, -0.2) is 0 Å². The highest BCUT2D eigenvalue weighted by molar-refractivity contribution is 6.02. The van der Waals surface area contributed by atoms with Crippen LogP contribution in [0.5, 0.6) is 5.75 Å². The monoisotopic (exact) mass is 456 g/mol. The fraction of sp³-hybridized carbons (Fsp3) is 0.357. The molecule has 1 fully saturated rings. The van der Waals surface area contributed by atoms with Crippen LogP contribution in [0.3, 0.4) is 0 Å². The van der Waals surface area contributed by atoms with Gasteiger partial charge in [0.15, 0.2) is 0 Å². The van der Waals surface area contributed by atoms with Crippen molar-refractivity contribution in [3.05, 3.63) is 60.2 Å². The molecule has 1 aliphatic rings. The van der Waals surface area contributed by atoms with Crippen LogP contribution in [0.15, 0.2) is 54.6 Å². The van der Waals surface area contributed by atoms with Crippen molar-refractivity contribution < 1.29 is 9.53 Å². The Morgan fingerprint density at radius 3 is 2.74 bits per heavy atom. The van der Waals surface area contributed by atoms with Crippen molar-refractivity contribution in [2.24, 2.45) is 0 Å². The van der Waals surface area contributed by atoms with Gasteiger partial charge >= 0.3 is 0 Å². The Labute approximate surface area is 200 Å². The molecule has 2 heterocycles. The average Bonchev–Trinajstić information content (AvgIpc) is 3.51. The number of benzene rings is 3. The van der Waals surface area contributed by atoms with Gasteiger partial charge in [-0.3, -0.25) is 9.89 Å². The average molecular weight is 457 g/mol. The lowest BCUT2D eigenvalue weighted by Gasteiger charge is -2.24. The van der Waals surface area contributed by atoms with Crippen molar-refractivity contribution in [2.45, 2.75) is 51.6 Å². The molecule has 0 bridgehead atoms. The Balaban J connectivity index is 1.40. The maximum atomic E-state index is 12.8. The molecule has 6 nitrogen and oxygen atoms in total. The van der Waals surface area contributed by atoms with Gasteiger partial charge in [0.2, 0.25) is 0 Å². The third-order valence-corrected chi connectivity index (χ3v) is 6.86. The predicted octanol–water partition coefficient (Wildman–Crippen LogP) is 5.43. The van der Waals surface area contributed by atoms with Gasteiger partial charge in [-0.05, 0) is 86.8 Å². The van der Waals surface area contributed by atoms with Crippen LogP contribution >= 0.6 is 0 Å². The summed E-state index contributed by atoms with van der Waals surface area (Å²) in [6.07, 6.45) is 3.26. The summed E-state index contributed by atoms with van der Waals surface area (Å²) in [7, 11) is 0. The van der Waals surface area contributed by atoms with Gasteiger partial charge in [0.1, 0.15) is 12.4 Å². The van der Waals surface area contributed by atoms with E-state index in [1.807, 2.05) is 38.1 Å². The molecule has 176 valence electrons. The molecule has 3 N–H and O–H groups in total. The van der Waals surface area contributed by atoms with Gasteiger partial charge < -0.3 is 15.4 Å². The zero-order valence-electron chi connectivity index (χ0n) is 20.1. The van der Waals surface area contributed by atoms with Crippen molar-refractivity contribution in [2.75, 3.05) is 13.2 Å². The number of rotatable bonds is 7. The Kier molecular flexibility index (Phi) is 6.00. The maximum absolute atomic E-state index is 12.8. The number of nitrogens with one attached hydrogen (secondary N) is 3. The number of carbonyl (C=O) groups is 1. The summed E-state index contributed by atoms with van der Waals surface area (Å²) in [4.78, 5) is 12.8. The lowest BCUT2D eigenvalue weighted by atomic mass is 10.00. The summed E-state index contributed by atoms with van der Waals surface area (Å²) in [6.45, 7) is 7.92. The molecule has 1 aromatic heterocycles. The van der Waals surface area contributed by atoms with E-state index in [1.54, 1.807) is 0 Å². The van der Waals surface area contributed by atoms with Crippen LogP contribution in [-0.4, -0.2) is 40.8 Å². The number of nitrogens with zero attached hydrogens (tertiary/aromatic N) is 1. The van der Waals surface area contributed by atoms with E-state index < -0.39 is 0 Å². The molecule has 4 aromatic rings. The van der Waals surface area contributed by atoms with Crippen molar-refractivity contribution in [3.8, 4) is 17.0 Å². The first-order valence-electron chi connectivity index (χ1n) is 12.1. The topological polar surface area (TPSA) is 79.0 Å². The van der Waals surface area contributed by atoms with Crippen LogP contribution in [-0.2, 0) is 0 Å². The Hall–Kier alpha value is -3.38. The van der Waals surface area contributed by atoms with E-state index >= 15 is 0 Å². The highest BCUT2D eigenvalue weighted by atomic mass is 16.5. The highest BCUT2D eigenvalue weighted by Gasteiger charge is 2.20. The molecule has 5 rings (SSSR count). The molecule has 0 aliphatic carbocycles. The fourth-order valence-electron chi connectivity index (χ4n) is 4.40. The first-order valence-corrected chi connectivity index (χ1v) is 12.1. The Bertz CT molecular complexity index is 1340. The molecule has 1 aliphatic heterocycles. The van der Waals surface area contributed by atoms with Crippen molar-refractivity contribution in [1.82, 2.24) is 20.8 Å². The van der Waals surface area contributed by atoms with Gasteiger partial charge in [-0.2, -0.15) is 5.10 Å². The molecule has 0 unspecified atom stereocenters. The molecule has 0 spiro atoms. The van der Waals surface area contributed by atoms with E-state index in [9.17, 15) is 4.79 Å². The summed E-state index contributed by atoms with van der Waals surface area (Å²) < 4.78 is 6.02. The van der Waals surface area contributed by atoms with Crippen molar-refractivity contribution in [1.29, 1.82) is 0 Å². The standard InChI is InChI=1S/C28H32N4O2/c1-4-28(2,3)30-27(33)21-10-12-25-24(16-21)26(32-31-25)20-8-7-19-15-23(11-9-18(19)14-20)34-17-22-6-5-13-29-22/h7-12,14-16,22,29H,4-6,13,17H2,1-3H3,(H,30,33)(H,31,32)/t22-/m0/s1. The molecule has 0 saturated carbocycles. The largest absolute Gasteiger partial charge is 0.492 e. The number of aromatic nitrogens is 2. The van der Waals surface area contributed by atoms with Crippen molar-refractivity contribution in [3.63, 3.8) is 0 Å². The second-order valence-electron chi connectivity index (χ2n) is 9.85. The Morgan fingerprint density at radius 1 is 1.12 bits per heavy atom. The second-order valence-corrected chi connectivity index (χ2v) is 9.85. The molecule has 0 radical (unpaired) electrons. The number of H-pyrrole nitrogens is 1. The normalized spacial score (nSPS) is 16.3. The molecular formula is C28H32N4O2. The van der Waals surface area contributed by atoms with E-state index in [-0.39, 0.29) is 11.4 Å². The molecule has 6 heteroatoms. The molecule has 3 aromatic carbocycles. The molecule has 1 saturated heterocycles. The summed E-state index contributed by atoms with van der Waals surface area (Å²) >= 11 is 0. The third-order valence-electron chi connectivity index (χ3n) is 6.86. The van der Waals surface area contributed by atoms with Crippen molar-refractivity contribution >= 4 is 27.6 Å². The van der Waals surface area contributed by atoms with Crippen LogP contribution in [0, 0.1) is 0 Å². The number of hydrogen-bond donors (Lipinski definition) is 3. The SMILES string of the molecule is CCC(C)(C)NC(=O)c1ccc2[nH]nc(-c3ccc4cc(OC[C@@H]5CCCN5)ccc4c3)c2c1. The number of aromatic amines is 1. The summed E-state index contributed by atoms with van der Waals surface area (Å²) in [5.74, 6) is 0.824. The highest BCUT2D eigenvalue weighted by Crippen LogP contribution is 2.31. The smallest absolute Gasteiger partial charge is 0.251 e. The molecule has 1 amide bonds. The second kappa shape index (κ2) is 9.11. The van der Waals surface area contributed by atoms with Crippen LogP contribution in [0.2, 0.25) is 0 Å². The zero-order chi connectivity index (χ0) is 23.7. The number of hydrogen-bond acceptors (Lipinski definition) is 4. The van der Waals surface area contributed by atoms with E-state index in [0.29, 0.717) is 18.2 Å². The lowest BCUT2D eigenvalue weighted by Crippen LogP contribution is -2.42. The van der Waals surface area contributed by atoms with E-state index in [4.69, 9.17) is 4.74 Å². The number of ether oxygens (including phenoxy) is 1. The molecule has 1 atom stereocenters. The van der Waals surface area contributed by atoms with E-state index in [0.717, 1.165) is 51.6 Å². The summed E-state index contributed by atoms with van der Waals surface area (Å²) in [6, 6.07) is 18.7. The quantitative estimate of drug-likeness (QED) is 0.346. The van der Waals surface area contributed by atoms with Gasteiger partial charge in [0, 0.05) is 28.1 Å². The third kappa shape index (κ3) is 4.64. The number of amides is 1. The first kappa shape index (κ1) is 22.4. The first-order chi connectivity index (χ1) is 16.4. The van der Waals surface area contributed by atoms with E-state index in [2.05, 4.69) is 58.1 Å². The minimum absolute atomic E-state index is 0.0697. The summed E-state index contributed by atoms with van der Waals surface area (Å²) in [5, 5.41) is 17.4. The number of carbonyl (C=O) groups excluding carboxylic acids is 1. The van der Waals surface area contributed by atoms with Gasteiger partial charge in [0.05, 0.1) is 11.2 Å². The molecular weight excluding hydrogens is 424 g/mol. The summed E-state index contributed by atoms with van der Waals surface area (Å²) in [5.41, 5.74) is 3.14. The van der Waals surface area contributed by atoms with Gasteiger partial charge in [0.25, 0.3) is 5.91 Å². The predicted molar refractivity (Wildman–Crippen MR) is 137 cm³/mol. The maximum Gasteiger partial charge on any atom is 0.251 e. The lowest BCUT2D eigenvalue weighted by molar-refractivity contribution is 0.0911. The minimum Gasteiger partial charge on any atom is -0.492 e. The van der Waals surface area contributed by atoms with Crippen LogP contribution in [0.4, 0.5) is 0 Å². The van der Waals surface area contributed by atoms with Crippen LogP contribution < -0.4 is 15.4 Å². The van der Waals surface area contributed by atoms with Crippen LogP contribution in [0.25, 0.3) is 32.9 Å². The fourth-order valence-corrected chi connectivity index (χ4v) is 4.40.